The molecule has 4 rings (SSSR count). The SMILES string of the molecule is CC(C)C1CCC(Cc2ccc(Cl)cc2)C1(O)Cn1cncn1.CN/C(=N\[N+](=O)[O-])NCc1cnc(Cl)s1. The molecule has 0 aliphatic heterocycles. The predicted octanol–water partition coefficient (Wildman–Crippen LogP) is 4.24. The molecule has 3 atom stereocenters. The minimum Gasteiger partial charge on any atom is -0.387 e. The van der Waals surface area contributed by atoms with Gasteiger partial charge >= 0.3 is 0 Å². The van der Waals surface area contributed by atoms with Gasteiger partial charge in [-0.25, -0.2) is 20.1 Å². The van der Waals surface area contributed by atoms with Crippen molar-refractivity contribution >= 4 is 40.5 Å². The number of benzene rings is 1. The molecule has 0 radical (unpaired) electrons. The van der Waals surface area contributed by atoms with Crippen LogP contribution in [0.15, 0.2) is 48.2 Å². The molecule has 1 fully saturated rings. The average Bonchev–Trinajstić information content (AvgIpc) is 3.60. The molecule has 2 aromatic heterocycles. The van der Waals surface area contributed by atoms with Gasteiger partial charge in [-0.15, -0.1) is 11.3 Å². The first kappa shape index (κ1) is 29.8. The summed E-state index contributed by atoms with van der Waals surface area (Å²) in [5.74, 6) is 1.03. The van der Waals surface area contributed by atoms with E-state index in [9.17, 15) is 15.2 Å². The van der Waals surface area contributed by atoms with Gasteiger partial charge in [0.25, 0.3) is 5.96 Å². The standard InChI is InChI=1S/C18H24ClN3O.C6H8ClN5O2S/c1-13(2)17-8-5-15(9-14-3-6-16(19)7-4-14)18(17,23)10-22-12-20-11-21-22;1-8-6(11-12(13)14)10-3-4-2-9-5(7)15-4/h3-4,6-7,11-13,15,17,23H,5,8-10H2,1-2H3;2H,3H2,1H3,(H2,8,10,11). The minimum atomic E-state index is -0.779. The van der Waals surface area contributed by atoms with E-state index in [4.69, 9.17) is 23.2 Å². The summed E-state index contributed by atoms with van der Waals surface area (Å²) in [6, 6.07) is 7.95. The fraction of sp³-hybridized carbons (Fsp3) is 0.500. The van der Waals surface area contributed by atoms with Gasteiger partial charge in [-0.05, 0) is 54.7 Å². The molecule has 14 heteroatoms. The molecule has 38 heavy (non-hydrogen) atoms. The summed E-state index contributed by atoms with van der Waals surface area (Å²) in [6.45, 7) is 5.29. The number of aromatic nitrogens is 4. The summed E-state index contributed by atoms with van der Waals surface area (Å²) in [6.07, 6.45) is 7.77. The first-order valence-corrected chi connectivity index (χ1v) is 13.7. The minimum absolute atomic E-state index is 0.0875. The van der Waals surface area contributed by atoms with E-state index in [2.05, 4.69) is 56.8 Å². The van der Waals surface area contributed by atoms with Crippen LogP contribution in [0.1, 0.15) is 37.1 Å². The van der Waals surface area contributed by atoms with Gasteiger partial charge in [0, 0.05) is 23.1 Å². The average molecular weight is 584 g/mol. The van der Waals surface area contributed by atoms with Crippen LogP contribution >= 0.6 is 34.5 Å². The maximum atomic E-state index is 11.6. The van der Waals surface area contributed by atoms with Crippen LogP contribution in [0.5, 0.6) is 0 Å². The van der Waals surface area contributed by atoms with Crippen molar-refractivity contribution in [3.05, 3.63) is 73.2 Å². The molecule has 3 N–H and O–H groups in total. The molecular weight excluding hydrogens is 551 g/mol. The number of nitrogens with one attached hydrogen (secondary N) is 2. The molecule has 11 nitrogen and oxygen atoms in total. The molecule has 1 aliphatic carbocycles. The second kappa shape index (κ2) is 13.8. The number of hydrogen-bond donors (Lipinski definition) is 3. The molecule has 206 valence electrons. The summed E-state index contributed by atoms with van der Waals surface area (Å²) in [5.41, 5.74) is 0.474. The highest BCUT2D eigenvalue weighted by Gasteiger charge is 2.50. The van der Waals surface area contributed by atoms with Crippen molar-refractivity contribution in [2.45, 2.75) is 51.8 Å². The van der Waals surface area contributed by atoms with Gasteiger partial charge in [0.2, 0.25) is 0 Å². The Morgan fingerprint density at radius 1 is 1.34 bits per heavy atom. The number of aliphatic hydroxyl groups is 1. The number of thiazole rings is 1. The maximum absolute atomic E-state index is 11.6. The lowest BCUT2D eigenvalue weighted by molar-refractivity contribution is -0.485. The molecule has 1 saturated carbocycles. The number of halogens is 2. The van der Waals surface area contributed by atoms with Gasteiger partial charge in [-0.3, -0.25) is 4.68 Å². The Morgan fingerprint density at radius 2 is 2.08 bits per heavy atom. The summed E-state index contributed by atoms with van der Waals surface area (Å²) < 4.78 is 2.19. The molecule has 1 aliphatic rings. The lowest BCUT2D eigenvalue weighted by atomic mass is 9.76. The normalized spacial score (nSPS) is 21.2. The van der Waals surface area contributed by atoms with Crippen LogP contribution in [-0.2, 0) is 19.5 Å². The van der Waals surface area contributed by atoms with E-state index in [-0.39, 0.29) is 17.8 Å². The zero-order valence-electron chi connectivity index (χ0n) is 21.4. The van der Waals surface area contributed by atoms with Crippen LogP contribution < -0.4 is 10.6 Å². The van der Waals surface area contributed by atoms with Crippen LogP contribution in [0.25, 0.3) is 0 Å². The number of hydrogen-bond acceptors (Lipinski definition) is 7. The largest absolute Gasteiger partial charge is 0.387 e. The fourth-order valence-electron chi connectivity index (χ4n) is 4.89. The third-order valence-corrected chi connectivity index (χ3v) is 8.00. The smallest absolute Gasteiger partial charge is 0.268 e. The highest BCUT2D eigenvalue weighted by molar-refractivity contribution is 7.15. The number of nitrogens with zero attached hydrogens (tertiary/aromatic N) is 6. The topological polar surface area (TPSA) is 143 Å². The monoisotopic (exact) mass is 582 g/mol. The zero-order valence-corrected chi connectivity index (χ0v) is 23.7. The van der Waals surface area contributed by atoms with Crippen LogP contribution in [-0.4, -0.2) is 48.5 Å². The van der Waals surface area contributed by atoms with Crippen molar-refractivity contribution in [1.82, 2.24) is 30.4 Å². The van der Waals surface area contributed by atoms with Gasteiger partial charge < -0.3 is 15.7 Å². The van der Waals surface area contributed by atoms with E-state index < -0.39 is 10.6 Å². The van der Waals surface area contributed by atoms with Gasteiger partial charge in [0.15, 0.2) is 9.50 Å². The lowest BCUT2D eigenvalue weighted by Gasteiger charge is -2.37. The van der Waals surface area contributed by atoms with Crippen LogP contribution in [0.4, 0.5) is 0 Å². The third kappa shape index (κ3) is 8.35. The molecule has 3 aromatic rings. The first-order chi connectivity index (χ1) is 18.1. The number of nitro groups is 1. The summed E-state index contributed by atoms with van der Waals surface area (Å²) >= 11 is 12.9. The van der Waals surface area contributed by atoms with Crippen molar-refractivity contribution in [3.63, 3.8) is 0 Å². The molecular formula is C24H32Cl2N8O3S. The van der Waals surface area contributed by atoms with Gasteiger partial charge in [0.1, 0.15) is 17.8 Å². The summed E-state index contributed by atoms with van der Waals surface area (Å²) in [4.78, 5) is 18.8. The molecule has 0 spiro atoms. The molecule has 1 aromatic carbocycles. The van der Waals surface area contributed by atoms with Gasteiger partial charge in [0.05, 0.1) is 18.7 Å². The Labute approximate surface area is 235 Å². The van der Waals surface area contributed by atoms with Crippen LogP contribution in [0, 0.1) is 27.9 Å². The molecule has 0 bridgehead atoms. The second-order valence-electron chi connectivity index (χ2n) is 9.41. The maximum Gasteiger partial charge on any atom is 0.268 e. The molecule has 2 heterocycles. The van der Waals surface area contributed by atoms with Crippen molar-refractivity contribution in [1.29, 1.82) is 0 Å². The van der Waals surface area contributed by atoms with Crippen LogP contribution in [0.2, 0.25) is 9.49 Å². The quantitative estimate of drug-likeness (QED) is 0.155. The Kier molecular flexibility index (Phi) is 10.8. The lowest BCUT2D eigenvalue weighted by Crippen LogP contribution is -2.46. The van der Waals surface area contributed by atoms with E-state index in [0.29, 0.717) is 23.5 Å². The van der Waals surface area contributed by atoms with Crippen LogP contribution in [0.3, 0.4) is 0 Å². The van der Waals surface area contributed by atoms with Crippen molar-refractivity contribution in [2.24, 2.45) is 22.9 Å². The highest BCUT2D eigenvalue weighted by atomic mass is 35.5. The Bertz CT molecular complexity index is 1190. The van der Waals surface area contributed by atoms with Crippen molar-refractivity contribution < 1.29 is 10.1 Å². The molecule has 0 saturated heterocycles. The van der Waals surface area contributed by atoms with Gasteiger partial charge in [-0.1, -0.05) is 49.2 Å². The molecule has 0 amide bonds. The molecule has 3 unspecified atom stereocenters. The Balaban J connectivity index is 0.000000232. The van der Waals surface area contributed by atoms with E-state index in [0.717, 1.165) is 29.2 Å². The predicted molar refractivity (Wildman–Crippen MR) is 149 cm³/mol. The van der Waals surface area contributed by atoms with E-state index in [1.165, 1.54) is 30.3 Å². The van der Waals surface area contributed by atoms with Crippen molar-refractivity contribution in [2.75, 3.05) is 7.05 Å². The number of guanidine groups is 1. The van der Waals surface area contributed by atoms with E-state index in [1.807, 2.05) is 12.1 Å². The van der Waals surface area contributed by atoms with E-state index in [1.54, 1.807) is 17.2 Å². The van der Waals surface area contributed by atoms with E-state index >= 15 is 0 Å². The zero-order chi connectivity index (χ0) is 27.7. The first-order valence-electron chi connectivity index (χ1n) is 12.1. The number of rotatable bonds is 8. The van der Waals surface area contributed by atoms with Crippen molar-refractivity contribution in [3.8, 4) is 0 Å². The Hall–Kier alpha value is -2.80. The highest BCUT2D eigenvalue weighted by Crippen LogP contribution is 2.46. The fourth-order valence-corrected chi connectivity index (χ4v) is 5.93. The van der Waals surface area contributed by atoms with Gasteiger partial charge in [-0.2, -0.15) is 5.10 Å². The second-order valence-corrected chi connectivity index (χ2v) is 11.5. The Morgan fingerprint density at radius 3 is 2.63 bits per heavy atom. The summed E-state index contributed by atoms with van der Waals surface area (Å²) in [7, 11) is 1.54. The third-order valence-electron chi connectivity index (χ3n) is 6.63. The number of hydrazone groups is 1. The summed E-state index contributed by atoms with van der Waals surface area (Å²) in [5, 5.41) is 34.2.